The van der Waals surface area contributed by atoms with Crippen molar-refractivity contribution in [1.29, 1.82) is 0 Å². The molecular formula is C24H22O7. The van der Waals surface area contributed by atoms with Gasteiger partial charge in [-0.3, -0.25) is 4.79 Å². The van der Waals surface area contributed by atoms with Crippen LogP contribution in [0.5, 0.6) is 17.2 Å². The summed E-state index contributed by atoms with van der Waals surface area (Å²) in [6, 6.07) is 19.4. The number of hydrogen-bond acceptors (Lipinski definition) is 7. The van der Waals surface area contributed by atoms with Gasteiger partial charge in [0, 0.05) is 14.2 Å². The summed E-state index contributed by atoms with van der Waals surface area (Å²) in [4.78, 5) is 35.8. The van der Waals surface area contributed by atoms with Crippen molar-refractivity contribution in [2.45, 2.75) is 0 Å². The van der Waals surface area contributed by atoms with E-state index in [2.05, 4.69) is 4.74 Å². The van der Waals surface area contributed by atoms with Gasteiger partial charge in [0.1, 0.15) is 28.4 Å². The first-order valence-corrected chi connectivity index (χ1v) is 9.16. The zero-order chi connectivity index (χ0) is 22.6. The molecule has 0 atom stereocenters. The zero-order valence-electron chi connectivity index (χ0n) is 17.4. The molecule has 7 nitrogen and oxygen atoms in total. The monoisotopic (exact) mass is 422 g/mol. The first-order valence-electron chi connectivity index (χ1n) is 9.16. The van der Waals surface area contributed by atoms with E-state index in [1.54, 1.807) is 68.8 Å². The van der Waals surface area contributed by atoms with Crippen LogP contribution in [0.15, 0.2) is 72.8 Å². The minimum absolute atomic E-state index is 0.0717. The summed E-state index contributed by atoms with van der Waals surface area (Å²) in [5.74, 6) is -0.726. The van der Waals surface area contributed by atoms with Gasteiger partial charge in [0.2, 0.25) is 0 Å². The van der Waals surface area contributed by atoms with Crippen LogP contribution >= 0.6 is 0 Å². The van der Waals surface area contributed by atoms with Gasteiger partial charge < -0.3 is 18.9 Å². The molecule has 0 fully saturated rings. The third-order valence-corrected chi connectivity index (χ3v) is 3.87. The minimum atomic E-state index is -0.712. The van der Waals surface area contributed by atoms with Crippen LogP contribution in [0, 0.1) is 0 Å². The molecular weight excluding hydrogens is 400 g/mol. The molecule has 0 unspecified atom stereocenters. The lowest BCUT2D eigenvalue weighted by Crippen LogP contribution is -2.13. The van der Waals surface area contributed by atoms with Crippen LogP contribution < -0.4 is 9.47 Å². The number of rotatable bonds is 6. The molecule has 0 aliphatic rings. The van der Waals surface area contributed by atoms with E-state index in [1.165, 1.54) is 25.3 Å². The van der Waals surface area contributed by atoms with Crippen LogP contribution in [-0.2, 0) is 9.47 Å². The van der Waals surface area contributed by atoms with Crippen LogP contribution in [0.2, 0.25) is 0 Å². The predicted octanol–water partition coefficient (Wildman–Crippen LogP) is 4.56. The van der Waals surface area contributed by atoms with Gasteiger partial charge in [0.05, 0.1) is 12.7 Å². The first kappa shape index (κ1) is 23.3. The molecule has 0 aromatic heterocycles. The van der Waals surface area contributed by atoms with E-state index in [0.717, 1.165) is 0 Å². The lowest BCUT2D eigenvalue weighted by atomic mass is 10.1. The Balaban J connectivity index is 0.00000107. The molecule has 0 aliphatic heterocycles. The fraction of sp³-hybridized carbons (Fsp3) is 0.125. The Kier molecular flexibility index (Phi) is 8.94. The Hall–Kier alpha value is -3.97. The SMILES string of the molecule is COC.COC(=O)c1ccccc1OC(=O)c1ccccc1Oc1ccccc1C=O. The van der Waals surface area contributed by atoms with E-state index in [0.29, 0.717) is 17.6 Å². The van der Waals surface area contributed by atoms with E-state index in [1.807, 2.05) is 0 Å². The van der Waals surface area contributed by atoms with Crippen molar-refractivity contribution >= 4 is 18.2 Å². The van der Waals surface area contributed by atoms with Gasteiger partial charge in [-0.25, -0.2) is 9.59 Å². The van der Waals surface area contributed by atoms with Crippen LogP contribution in [0.1, 0.15) is 31.1 Å². The maximum atomic E-state index is 12.7. The smallest absolute Gasteiger partial charge is 0.347 e. The van der Waals surface area contributed by atoms with Crippen LogP contribution in [0.4, 0.5) is 0 Å². The number of benzene rings is 3. The number of para-hydroxylation sites is 3. The Bertz CT molecular complexity index is 1040. The van der Waals surface area contributed by atoms with Crippen LogP contribution in [-0.4, -0.2) is 39.6 Å². The summed E-state index contributed by atoms with van der Waals surface area (Å²) in [7, 11) is 4.49. The highest BCUT2D eigenvalue weighted by molar-refractivity contribution is 5.97. The highest BCUT2D eigenvalue weighted by Gasteiger charge is 2.19. The molecule has 0 bridgehead atoms. The van der Waals surface area contributed by atoms with Crippen molar-refractivity contribution in [1.82, 2.24) is 0 Å². The molecule has 0 radical (unpaired) electrons. The van der Waals surface area contributed by atoms with E-state index in [9.17, 15) is 14.4 Å². The molecule has 7 heteroatoms. The molecule has 0 N–H and O–H groups in total. The summed E-state index contributed by atoms with van der Waals surface area (Å²) < 4.78 is 20.1. The minimum Gasteiger partial charge on any atom is -0.465 e. The molecule has 160 valence electrons. The lowest BCUT2D eigenvalue weighted by molar-refractivity contribution is 0.0593. The summed E-state index contributed by atoms with van der Waals surface area (Å²) >= 11 is 0. The van der Waals surface area contributed by atoms with Gasteiger partial charge in [-0.1, -0.05) is 36.4 Å². The number of esters is 2. The average molecular weight is 422 g/mol. The van der Waals surface area contributed by atoms with Crippen molar-refractivity contribution < 1.29 is 33.3 Å². The average Bonchev–Trinajstić information content (AvgIpc) is 2.80. The summed E-state index contributed by atoms with van der Waals surface area (Å²) in [6.45, 7) is 0. The van der Waals surface area contributed by atoms with Gasteiger partial charge in [-0.2, -0.15) is 0 Å². The summed E-state index contributed by atoms with van der Waals surface area (Å²) in [6.07, 6.45) is 0.670. The Labute approximate surface area is 180 Å². The second-order valence-electron chi connectivity index (χ2n) is 6.04. The number of methoxy groups -OCH3 is 2. The molecule has 3 aromatic carbocycles. The third kappa shape index (κ3) is 6.25. The second kappa shape index (κ2) is 11.9. The van der Waals surface area contributed by atoms with Crippen molar-refractivity contribution in [3.63, 3.8) is 0 Å². The fourth-order valence-corrected chi connectivity index (χ4v) is 2.50. The van der Waals surface area contributed by atoms with Crippen molar-refractivity contribution in [3.05, 3.63) is 89.5 Å². The molecule has 0 spiro atoms. The van der Waals surface area contributed by atoms with Crippen molar-refractivity contribution in [2.24, 2.45) is 0 Å². The molecule has 0 heterocycles. The normalized spacial score (nSPS) is 9.65. The van der Waals surface area contributed by atoms with Crippen molar-refractivity contribution in [3.8, 4) is 17.2 Å². The first-order chi connectivity index (χ1) is 15.0. The molecule has 0 amide bonds. The highest BCUT2D eigenvalue weighted by Crippen LogP contribution is 2.29. The molecule has 0 aliphatic carbocycles. The zero-order valence-corrected chi connectivity index (χ0v) is 17.4. The number of hydrogen-bond donors (Lipinski definition) is 0. The van der Waals surface area contributed by atoms with Gasteiger partial charge in [-0.05, 0) is 36.4 Å². The van der Waals surface area contributed by atoms with E-state index in [-0.39, 0.29) is 22.6 Å². The standard InChI is InChI=1S/C22H16O6.C2H6O/c1-26-21(24)16-9-3-7-13-20(16)28-22(25)17-10-4-6-12-19(17)27-18-11-5-2-8-15(18)14-23;1-3-2/h2-14H,1H3;1-2H3. The predicted molar refractivity (Wildman–Crippen MR) is 114 cm³/mol. The Morgan fingerprint density at radius 1 is 0.677 bits per heavy atom. The number of carbonyl (C=O) groups is 3. The summed E-state index contributed by atoms with van der Waals surface area (Å²) in [5.41, 5.74) is 0.618. The lowest BCUT2D eigenvalue weighted by Gasteiger charge is -2.13. The van der Waals surface area contributed by atoms with E-state index < -0.39 is 11.9 Å². The van der Waals surface area contributed by atoms with Crippen LogP contribution in [0.25, 0.3) is 0 Å². The van der Waals surface area contributed by atoms with Crippen LogP contribution in [0.3, 0.4) is 0 Å². The maximum absolute atomic E-state index is 12.7. The maximum Gasteiger partial charge on any atom is 0.347 e. The quantitative estimate of drug-likeness (QED) is 0.327. The Morgan fingerprint density at radius 3 is 1.74 bits per heavy atom. The fourth-order valence-electron chi connectivity index (χ4n) is 2.50. The molecule has 0 saturated heterocycles. The van der Waals surface area contributed by atoms with Gasteiger partial charge >= 0.3 is 11.9 Å². The largest absolute Gasteiger partial charge is 0.465 e. The molecule has 31 heavy (non-hydrogen) atoms. The summed E-state index contributed by atoms with van der Waals surface area (Å²) in [5, 5.41) is 0. The van der Waals surface area contributed by atoms with E-state index >= 15 is 0 Å². The molecule has 0 saturated carbocycles. The number of carbonyl (C=O) groups excluding carboxylic acids is 3. The van der Waals surface area contributed by atoms with E-state index in [4.69, 9.17) is 14.2 Å². The van der Waals surface area contributed by atoms with Gasteiger partial charge in [0.25, 0.3) is 0 Å². The third-order valence-electron chi connectivity index (χ3n) is 3.87. The molecule has 3 rings (SSSR count). The van der Waals surface area contributed by atoms with Gasteiger partial charge in [0.15, 0.2) is 6.29 Å². The number of aldehydes is 1. The molecule has 3 aromatic rings. The number of ether oxygens (including phenoxy) is 4. The van der Waals surface area contributed by atoms with Gasteiger partial charge in [-0.15, -0.1) is 0 Å². The Morgan fingerprint density at radius 2 is 1.16 bits per heavy atom. The highest BCUT2D eigenvalue weighted by atomic mass is 16.5. The second-order valence-corrected chi connectivity index (χ2v) is 6.04. The van der Waals surface area contributed by atoms with Crippen molar-refractivity contribution in [2.75, 3.05) is 21.3 Å². The topological polar surface area (TPSA) is 88.1 Å².